The molecule has 0 bridgehead atoms. The lowest BCUT2D eigenvalue weighted by molar-refractivity contribution is -0.196. The average molecular weight is 426 g/mol. The number of hydrogen-bond acceptors (Lipinski definition) is 3. The predicted molar refractivity (Wildman–Crippen MR) is 105 cm³/mol. The summed E-state index contributed by atoms with van der Waals surface area (Å²) >= 11 is 0. The zero-order valence-electron chi connectivity index (χ0n) is 17.1. The molecule has 0 spiro atoms. The Kier molecular flexibility index (Phi) is 7.10. The molecule has 1 saturated carbocycles. The third kappa shape index (κ3) is 5.58. The molecular weight excluding hydrogens is 400 g/mol. The van der Waals surface area contributed by atoms with E-state index in [4.69, 9.17) is 9.47 Å². The van der Waals surface area contributed by atoms with Crippen LogP contribution in [0.5, 0.6) is 17.2 Å². The van der Waals surface area contributed by atoms with Gasteiger partial charge in [-0.1, -0.05) is 31.9 Å². The molecule has 1 fully saturated rings. The van der Waals surface area contributed by atoms with Crippen LogP contribution in [-0.4, -0.2) is 19.3 Å². The minimum Gasteiger partial charge on any atom is -0.491 e. The quantitative estimate of drug-likeness (QED) is 0.439. The highest BCUT2D eigenvalue weighted by molar-refractivity contribution is 5.35. The molecule has 164 valence electrons. The van der Waals surface area contributed by atoms with E-state index < -0.39 is 30.1 Å². The Morgan fingerprint density at radius 1 is 0.867 bits per heavy atom. The first-order chi connectivity index (χ1) is 14.3. The minimum atomic E-state index is -3.85. The van der Waals surface area contributed by atoms with Gasteiger partial charge in [0, 0.05) is 0 Å². The fourth-order valence-electron chi connectivity index (χ4n) is 3.65. The number of ether oxygens (including phenoxy) is 3. The van der Waals surface area contributed by atoms with Crippen LogP contribution < -0.4 is 14.2 Å². The van der Waals surface area contributed by atoms with Crippen molar-refractivity contribution in [3.63, 3.8) is 0 Å². The van der Waals surface area contributed by atoms with Crippen molar-refractivity contribution in [2.45, 2.75) is 51.6 Å². The lowest BCUT2D eigenvalue weighted by Crippen LogP contribution is -2.33. The molecule has 0 radical (unpaired) electrons. The first kappa shape index (κ1) is 22.2. The third-order valence-electron chi connectivity index (χ3n) is 5.34. The summed E-state index contributed by atoms with van der Waals surface area (Å²) in [6.07, 6.45) is 0.776. The largest absolute Gasteiger partial charge is 0.491 e. The number of alkyl halides is 2. The van der Waals surface area contributed by atoms with Gasteiger partial charge in [0.05, 0.1) is 6.61 Å². The molecule has 1 aliphatic rings. The molecule has 0 unspecified atom stereocenters. The molecule has 0 aromatic heterocycles. The molecule has 1 aliphatic carbocycles. The molecule has 7 heteroatoms. The monoisotopic (exact) mass is 426 g/mol. The lowest BCUT2D eigenvalue weighted by atomic mass is 9.79. The van der Waals surface area contributed by atoms with E-state index in [1.54, 1.807) is 19.1 Å². The Morgan fingerprint density at radius 3 is 2.10 bits per heavy atom. The summed E-state index contributed by atoms with van der Waals surface area (Å²) in [6, 6.07) is 8.99. The van der Waals surface area contributed by atoms with Crippen LogP contribution in [-0.2, 0) is 0 Å². The highest BCUT2D eigenvalue weighted by atomic mass is 19.3. The third-order valence-corrected chi connectivity index (χ3v) is 5.34. The second-order valence-corrected chi connectivity index (χ2v) is 7.68. The van der Waals surface area contributed by atoms with E-state index in [1.807, 2.05) is 12.1 Å². The smallest absolute Gasteiger partial charge is 0.433 e. The molecule has 2 aromatic carbocycles. The average Bonchev–Trinajstić information content (AvgIpc) is 2.73. The van der Waals surface area contributed by atoms with Crippen LogP contribution in [0.4, 0.5) is 17.6 Å². The summed E-state index contributed by atoms with van der Waals surface area (Å²) in [4.78, 5) is 0. The van der Waals surface area contributed by atoms with E-state index in [0.29, 0.717) is 5.92 Å². The normalized spacial score (nSPS) is 19.4. The summed E-state index contributed by atoms with van der Waals surface area (Å²) < 4.78 is 70.4. The Morgan fingerprint density at radius 2 is 1.47 bits per heavy atom. The topological polar surface area (TPSA) is 27.7 Å². The molecule has 2 aromatic rings. The van der Waals surface area contributed by atoms with Crippen LogP contribution in [0.3, 0.4) is 0 Å². The molecule has 0 atom stereocenters. The Bertz CT molecular complexity index is 831. The number of benzene rings is 2. The van der Waals surface area contributed by atoms with E-state index in [9.17, 15) is 17.6 Å². The van der Waals surface area contributed by atoms with Crippen molar-refractivity contribution in [1.29, 1.82) is 0 Å². The Hall–Kier alpha value is -2.44. The molecule has 0 amide bonds. The Balaban J connectivity index is 1.58. The summed E-state index contributed by atoms with van der Waals surface area (Å²) in [5.74, 6) is -2.70. The fourth-order valence-corrected chi connectivity index (χ4v) is 3.65. The van der Waals surface area contributed by atoms with Crippen molar-refractivity contribution in [3.8, 4) is 17.2 Å². The van der Waals surface area contributed by atoms with Crippen LogP contribution >= 0.6 is 0 Å². The molecule has 3 nitrogen and oxygen atoms in total. The van der Waals surface area contributed by atoms with Gasteiger partial charge >= 0.3 is 6.11 Å². The maximum absolute atomic E-state index is 14.1. The first-order valence-electron chi connectivity index (χ1n) is 10.2. The van der Waals surface area contributed by atoms with Gasteiger partial charge < -0.3 is 14.2 Å². The van der Waals surface area contributed by atoms with E-state index in [-0.39, 0.29) is 18.1 Å². The van der Waals surface area contributed by atoms with E-state index in [2.05, 4.69) is 11.7 Å². The number of halogens is 4. The van der Waals surface area contributed by atoms with Crippen molar-refractivity contribution in [2.24, 2.45) is 5.92 Å². The molecule has 3 rings (SSSR count). The second-order valence-electron chi connectivity index (χ2n) is 7.68. The van der Waals surface area contributed by atoms with Crippen LogP contribution in [0.15, 0.2) is 36.4 Å². The van der Waals surface area contributed by atoms with Crippen molar-refractivity contribution in [3.05, 3.63) is 53.6 Å². The van der Waals surface area contributed by atoms with Gasteiger partial charge in [-0.15, -0.1) is 0 Å². The van der Waals surface area contributed by atoms with Crippen molar-refractivity contribution >= 4 is 0 Å². The van der Waals surface area contributed by atoms with Gasteiger partial charge in [-0.3, -0.25) is 0 Å². The van der Waals surface area contributed by atoms with Crippen LogP contribution in [0.1, 0.15) is 51.0 Å². The number of hydrogen-bond donors (Lipinski definition) is 0. The molecule has 0 saturated heterocycles. The summed E-state index contributed by atoms with van der Waals surface area (Å²) in [5.41, 5.74) is 1.17. The summed E-state index contributed by atoms with van der Waals surface area (Å²) in [7, 11) is 0. The standard InChI is InChI=1S/C23H26F4O3/c1-3-28-19-12-13-20(22(25)21(19)24)30-23(26,27)14-29-18-10-8-17(9-11-18)16-6-4-15(2)5-7-16/h8-13,15-16H,3-7,14H2,1-2H3. The van der Waals surface area contributed by atoms with E-state index >= 15 is 0 Å². The molecule has 30 heavy (non-hydrogen) atoms. The molecule has 0 aliphatic heterocycles. The molecule has 0 N–H and O–H groups in total. The molecule has 0 heterocycles. The molecular formula is C23H26F4O3. The number of rotatable bonds is 8. The van der Waals surface area contributed by atoms with Crippen molar-refractivity contribution < 1.29 is 31.8 Å². The zero-order valence-corrected chi connectivity index (χ0v) is 17.1. The highest BCUT2D eigenvalue weighted by Gasteiger charge is 2.35. The van der Waals surface area contributed by atoms with Gasteiger partial charge in [0.15, 0.2) is 18.1 Å². The van der Waals surface area contributed by atoms with Gasteiger partial charge in [0.2, 0.25) is 11.6 Å². The predicted octanol–water partition coefficient (Wildman–Crippen LogP) is 6.71. The Labute approximate surface area is 173 Å². The van der Waals surface area contributed by atoms with Crippen molar-refractivity contribution in [1.82, 2.24) is 0 Å². The van der Waals surface area contributed by atoms with Gasteiger partial charge in [0.25, 0.3) is 0 Å². The van der Waals surface area contributed by atoms with Gasteiger partial charge in [0.1, 0.15) is 5.75 Å². The summed E-state index contributed by atoms with van der Waals surface area (Å²) in [5, 5.41) is 0. The van der Waals surface area contributed by atoms with Crippen LogP contribution in [0.25, 0.3) is 0 Å². The van der Waals surface area contributed by atoms with E-state index in [1.165, 1.54) is 18.4 Å². The first-order valence-corrected chi connectivity index (χ1v) is 10.2. The van der Waals surface area contributed by atoms with E-state index in [0.717, 1.165) is 30.9 Å². The lowest BCUT2D eigenvalue weighted by Gasteiger charge is -2.26. The maximum atomic E-state index is 14.1. The minimum absolute atomic E-state index is 0.110. The SMILES string of the molecule is CCOc1ccc(OC(F)(F)COc2ccc(C3CCC(C)CC3)cc2)c(F)c1F. The van der Waals surface area contributed by atoms with Gasteiger partial charge in [-0.2, -0.15) is 17.6 Å². The summed E-state index contributed by atoms with van der Waals surface area (Å²) in [6.45, 7) is 2.82. The van der Waals surface area contributed by atoms with Crippen molar-refractivity contribution in [2.75, 3.05) is 13.2 Å². The fraction of sp³-hybridized carbons (Fsp3) is 0.478. The van der Waals surface area contributed by atoms with Crippen LogP contribution in [0, 0.1) is 17.6 Å². The van der Waals surface area contributed by atoms with Gasteiger partial charge in [-0.25, -0.2) is 0 Å². The maximum Gasteiger partial charge on any atom is 0.433 e. The van der Waals surface area contributed by atoms with Gasteiger partial charge in [-0.05, 0) is 61.4 Å². The second kappa shape index (κ2) is 9.58. The van der Waals surface area contributed by atoms with Crippen LogP contribution in [0.2, 0.25) is 0 Å². The zero-order chi connectivity index (χ0) is 21.7. The highest BCUT2D eigenvalue weighted by Crippen LogP contribution is 2.36.